The number of thioether (sulfide) groups is 1. The molecule has 3 aromatic heterocycles. The monoisotopic (exact) mass is 422 g/mol. The fourth-order valence-corrected chi connectivity index (χ4v) is 5.72. The molecule has 148 valence electrons. The standard InChI is InChI=1S/C22H22N4OS2/c1-26(11-12-27)20-19-18(24-22(25-20)28-2)16-14-9-6-10-15(14)17(23-21(16)29-19)13-7-4-3-5-8-13/h3-5,7-8,27H,6,9-12H2,1-2H3. The van der Waals surface area contributed by atoms with Gasteiger partial charge in [0.2, 0.25) is 0 Å². The van der Waals surface area contributed by atoms with E-state index >= 15 is 0 Å². The minimum Gasteiger partial charge on any atom is -0.395 e. The van der Waals surface area contributed by atoms with E-state index in [1.54, 1.807) is 23.1 Å². The van der Waals surface area contributed by atoms with Gasteiger partial charge in [0.1, 0.15) is 4.83 Å². The molecule has 1 N–H and O–H groups in total. The summed E-state index contributed by atoms with van der Waals surface area (Å²) in [4.78, 5) is 17.8. The summed E-state index contributed by atoms with van der Waals surface area (Å²) in [7, 11) is 1.97. The molecule has 0 bridgehead atoms. The van der Waals surface area contributed by atoms with Crippen molar-refractivity contribution in [2.24, 2.45) is 0 Å². The Morgan fingerprint density at radius 3 is 2.66 bits per heavy atom. The van der Waals surface area contributed by atoms with Crippen LogP contribution in [0.3, 0.4) is 0 Å². The Labute approximate surface area is 177 Å². The fraction of sp³-hybridized carbons (Fsp3) is 0.318. The first kappa shape index (κ1) is 18.8. The van der Waals surface area contributed by atoms with Crippen molar-refractivity contribution in [1.29, 1.82) is 0 Å². The van der Waals surface area contributed by atoms with Gasteiger partial charge in [-0.1, -0.05) is 42.1 Å². The lowest BCUT2D eigenvalue weighted by Gasteiger charge is -2.17. The number of fused-ring (bicyclic) bond motifs is 5. The van der Waals surface area contributed by atoms with Gasteiger partial charge < -0.3 is 10.0 Å². The van der Waals surface area contributed by atoms with Gasteiger partial charge in [0.25, 0.3) is 0 Å². The van der Waals surface area contributed by atoms with Crippen LogP contribution in [0.15, 0.2) is 35.5 Å². The van der Waals surface area contributed by atoms with Crippen molar-refractivity contribution in [2.75, 3.05) is 31.4 Å². The molecule has 4 aromatic rings. The van der Waals surface area contributed by atoms with Crippen LogP contribution in [-0.4, -0.2) is 46.5 Å². The second kappa shape index (κ2) is 7.55. The maximum Gasteiger partial charge on any atom is 0.189 e. The van der Waals surface area contributed by atoms with Crippen molar-refractivity contribution in [3.63, 3.8) is 0 Å². The molecule has 0 spiro atoms. The van der Waals surface area contributed by atoms with Crippen molar-refractivity contribution in [1.82, 2.24) is 15.0 Å². The number of hydrogen-bond donors (Lipinski definition) is 1. The number of aryl methyl sites for hydroxylation is 1. The summed E-state index contributed by atoms with van der Waals surface area (Å²) in [6, 6.07) is 10.5. The van der Waals surface area contributed by atoms with Crippen molar-refractivity contribution in [3.05, 3.63) is 41.5 Å². The van der Waals surface area contributed by atoms with E-state index < -0.39 is 0 Å². The van der Waals surface area contributed by atoms with Gasteiger partial charge in [-0.05, 0) is 36.6 Å². The summed E-state index contributed by atoms with van der Waals surface area (Å²) in [6.45, 7) is 0.627. The molecule has 7 heteroatoms. The number of aromatic nitrogens is 3. The van der Waals surface area contributed by atoms with Crippen LogP contribution in [0.1, 0.15) is 17.5 Å². The van der Waals surface area contributed by atoms with E-state index in [1.165, 1.54) is 22.1 Å². The summed E-state index contributed by atoms with van der Waals surface area (Å²) in [5.74, 6) is 0.879. The Morgan fingerprint density at radius 2 is 1.90 bits per heavy atom. The van der Waals surface area contributed by atoms with E-state index in [0.29, 0.717) is 6.54 Å². The molecule has 0 amide bonds. The number of aliphatic hydroxyl groups excluding tert-OH is 1. The zero-order chi connectivity index (χ0) is 20.0. The third-order valence-corrected chi connectivity index (χ3v) is 7.14. The van der Waals surface area contributed by atoms with Crippen LogP contribution in [0.2, 0.25) is 0 Å². The first-order valence-electron chi connectivity index (χ1n) is 9.78. The Balaban J connectivity index is 1.84. The van der Waals surface area contributed by atoms with Crippen LogP contribution in [0.4, 0.5) is 5.82 Å². The Bertz CT molecular complexity index is 1210. The molecule has 1 aliphatic carbocycles. The topological polar surface area (TPSA) is 62.1 Å². The number of rotatable bonds is 5. The van der Waals surface area contributed by atoms with Crippen molar-refractivity contribution in [3.8, 4) is 11.3 Å². The molecule has 5 nitrogen and oxygen atoms in total. The number of nitrogens with zero attached hydrogens (tertiary/aromatic N) is 4. The van der Waals surface area contributed by atoms with Crippen molar-refractivity contribution >= 4 is 49.3 Å². The molecule has 0 atom stereocenters. The van der Waals surface area contributed by atoms with Gasteiger partial charge in [-0.15, -0.1) is 11.3 Å². The third-order valence-electron chi connectivity index (χ3n) is 5.52. The van der Waals surface area contributed by atoms with E-state index in [1.807, 2.05) is 24.3 Å². The van der Waals surface area contributed by atoms with Crippen LogP contribution >= 0.6 is 23.1 Å². The number of aliphatic hydroxyl groups is 1. The molecule has 0 saturated carbocycles. The molecule has 1 aliphatic rings. The summed E-state index contributed by atoms with van der Waals surface area (Å²) >= 11 is 3.22. The predicted molar refractivity (Wildman–Crippen MR) is 122 cm³/mol. The fourth-order valence-electron chi connectivity index (χ4n) is 4.17. The Kier molecular flexibility index (Phi) is 4.89. The van der Waals surface area contributed by atoms with Gasteiger partial charge in [-0.2, -0.15) is 0 Å². The van der Waals surface area contributed by atoms with E-state index in [0.717, 1.165) is 51.0 Å². The number of likely N-dealkylation sites (N-methyl/N-ethyl adjacent to an activating group) is 1. The molecule has 3 heterocycles. The minimum atomic E-state index is 0.0906. The van der Waals surface area contributed by atoms with Gasteiger partial charge in [0, 0.05) is 24.5 Å². The molecule has 0 fully saturated rings. The van der Waals surface area contributed by atoms with E-state index in [2.05, 4.69) is 24.3 Å². The van der Waals surface area contributed by atoms with Gasteiger partial charge in [0.15, 0.2) is 11.0 Å². The minimum absolute atomic E-state index is 0.0906. The zero-order valence-electron chi connectivity index (χ0n) is 16.5. The van der Waals surface area contributed by atoms with Gasteiger partial charge in [0.05, 0.1) is 22.5 Å². The SMILES string of the molecule is CSc1nc(N(C)CCO)c2sc3nc(-c4ccccc4)c4c(c3c2n1)CCC4. The average Bonchev–Trinajstić information content (AvgIpc) is 3.37. The lowest BCUT2D eigenvalue weighted by atomic mass is 10.0. The van der Waals surface area contributed by atoms with E-state index in [9.17, 15) is 5.11 Å². The van der Waals surface area contributed by atoms with Crippen LogP contribution in [0, 0.1) is 0 Å². The van der Waals surface area contributed by atoms with Crippen LogP contribution in [-0.2, 0) is 12.8 Å². The van der Waals surface area contributed by atoms with Crippen LogP contribution in [0.25, 0.3) is 31.7 Å². The number of pyridine rings is 1. The Hall–Kier alpha value is -2.22. The smallest absolute Gasteiger partial charge is 0.189 e. The normalized spacial score (nSPS) is 13.3. The lowest BCUT2D eigenvalue weighted by Crippen LogP contribution is -2.22. The molecule has 1 aromatic carbocycles. The molecule has 0 radical (unpaired) electrons. The largest absolute Gasteiger partial charge is 0.395 e. The third kappa shape index (κ3) is 3.08. The summed E-state index contributed by atoms with van der Waals surface area (Å²) < 4.78 is 1.06. The first-order valence-corrected chi connectivity index (χ1v) is 11.8. The molecule has 0 aliphatic heterocycles. The van der Waals surface area contributed by atoms with Gasteiger partial charge in [-0.3, -0.25) is 0 Å². The number of benzene rings is 1. The maximum absolute atomic E-state index is 9.43. The highest BCUT2D eigenvalue weighted by molar-refractivity contribution is 7.98. The maximum atomic E-state index is 9.43. The number of anilines is 1. The molecule has 0 saturated heterocycles. The average molecular weight is 423 g/mol. The van der Waals surface area contributed by atoms with E-state index in [-0.39, 0.29) is 6.61 Å². The summed E-state index contributed by atoms with van der Waals surface area (Å²) in [6.07, 6.45) is 5.30. The second-order valence-electron chi connectivity index (χ2n) is 7.28. The highest BCUT2D eigenvalue weighted by atomic mass is 32.2. The number of hydrogen-bond acceptors (Lipinski definition) is 7. The molecular formula is C22H22N4OS2. The molecule has 0 unspecified atom stereocenters. The van der Waals surface area contributed by atoms with Gasteiger partial charge in [-0.25, -0.2) is 15.0 Å². The van der Waals surface area contributed by atoms with Gasteiger partial charge >= 0.3 is 0 Å². The highest BCUT2D eigenvalue weighted by Gasteiger charge is 2.26. The van der Waals surface area contributed by atoms with Crippen molar-refractivity contribution < 1.29 is 5.11 Å². The Morgan fingerprint density at radius 1 is 1.10 bits per heavy atom. The lowest BCUT2D eigenvalue weighted by molar-refractivity contribution is 0.304. The van der Waals surface area contributed by atoms with Crippen molar-refractivity contribution in [2.45, 2.75) is 24.4 Å². The number of thiophene rings is 1. The first-order chi connectivity index (χ1) is 14.2. The zero-order valence-corrected chi connectivity index (χ0v) is 18.1. The molecule has 5 rings (SSSR count). The van der Waals surface area contributed by atoms with Crippen LogP contribution in [0.5, 0.6) is 0 Å². The summed E-state index contributed by atoms with van der Waals surface area (Å²) in [5, 5.41) is 11.4. The van der Waals surface area contributed by atoms with E-state index in [4.69, 9.17) is 15.0 Å². The summed E-state index contributed by atoms with van der Waals surface area (Å²) in [5.41, 5.74) is 6.08. The molecule has 29 heavy (non-hydrogen) atoms. The highest BCUT2D eigenvalue weighted by Crippen LogP contribution is 2.44. The quantitative estimate of drug-likeness (QED) is 0.376. The predicted octanol–water partition coefficient (Wildman–Crippen LogP) is 4.55. The second-order valence-corrected chi connectivity index (χ2v) is 9.05. The van der Waals surface area contributed by atoms with Crippen LogP contribution < -0.4 is 4.90 Å². The molecular weight excluding hydrogens is 400 g/mol.